The molecule has 0 spiro atoms. The zero-order chi connectivity index (χ0) is 31.4. The number of hydrogen-bond acceptors (Lipinski definition) is 5. The van der Waals surface area contributed by atoms with E-state index in [-0.39, 0.29) is 43.2 Å². The van der Waals surface area contributed by atoms with Gasteiger partial charge in [-0.25, -0.2) is 13.6 Å². The molecule has 1 aliphatic rings. The summed E-state index contributed by atoms with van der Waals surface area (Å²) in [4.78, 5) is 29.0. The van der Waals surface area contributed by atoms with Gasteiger partial charge in [0.25, 0.3) is 5.91 Å². The van der Waals surface area contributed by atoms with E-state index in [1.165, 1.54) is 4.90 Å². The predicted molar refractivity (Wildman–Crippen MR) is 178 cm³/mol. The first-order valence-corrected chi connectivity index (χ1v) is 14.4. The molecule has 0 atom stereocenters. The van der Waals surface area contributed by atoms with Gasteiger partial charge in [-0.3, -0.25) is 4.79 Å². The monoisotopic (exact) mass is 669 g/mol. The zero-order valence-electron chi connectivity index (χ0n) is 25.7. The van der Waals surface area contributed by atoms with Crippen LogP contribution in [0.5, 0.6) is 5.75 Å². The number of fused-ring (bicyclic) bond motifs is 1. The fraction of sp³-hybridized carbons (Fsp3) is 0.286. The van der Waals surface area contributed by atoms with Gasteiger partial charge in [-0.15, -0.1) is 24.8 Å². The number of anilines is 1. The number of amides is 2. The van der Waals surface area contributed by atoms with Crippen molar-refractivity contribution in [3.05, 3.63) is 107 Å². The lowest BCUT2D eigenvalue weighted by Crippen LogP contribution is -2.44. The van der Waals surface area contributed by atoms with Crippen molar-refractivity contribution in [2.24, 2.45) is 0 Å². The molecule has 2 amide bonds. The Morgan fingerprint density at radius 1 is 0.913 bits per heavy atom. The largest absolute Gasteiger partial charge is 0.490 e. The molecule has 242 valence electrons. The van der Waals surface area contributed by atoms with Crippen molar-refractivity contribution < 1.29 is 27.8 Å². The maximum Gasteiger partial charge on any atom is 0.410 e. The minimum atomic E-state index is -1.03. The summed E-state index contributed by atoms with van der Waals surface area (Å²) in [5.41, 5.74) is 0.411. The van der Waals surface area contributed by atoms with E-state index in [1.54, 1.807) is 68.1 Å². The third-order valence-electron chi connectivity index (χ3n) is 7.31. The number of halogens is 4. The Morgan fingerprint density at radius 2 is 1.54 bits per heavy atom. The quantitative estimate of drug-likeness (QED) is 0.206. The minimum absolute atomic E-state index is 0. The van der Waals surface area contributed by atoms with Crippen molar-refractivity contribution in [2.45, 2.75) is 51.9 Å². The van der Waals surface area contributed by atoms with Crippen LogP contribution in [0.2, 0.25) is 0 Å². The van der Waals surface area contributed by atoms with Crippen molar-refractivity contribution >= 4 is 53.3 Å². The smallest absolute Gasteiger partial charge is 0.410 e. The molecule has 0 aliphatic carbocycles. The van der Waals surface area contributed by atoms with Crippen molar-refractivity contribution in [3.63, 3.8) is 0 Å². The number of nitrogens with zero attached hydrogens (tertiary/aromatic N) is 3. The van der Waals surface area contributed by atoms with Crippen LogP contribution in [-0.2, 0) is 11.3 Å². The molecule has 4 aromatic rings. The summed E-state index contributed by atoms with van der Waals surface area (Å²) in [6.07, 6.45) is 0.165. The molecule has 4 aromatic carbocycles. The highest BCUT2D eigenvalue weighted by atomic mass is 35.5. The Balaban J connectivity index is 0.00000288. The molecule has 11 heteroatoms. The van der Waals surface area contributed by atoms with Crippen LogP contribution in [0, 0.1) is 23.0 Å². The second kappa shape index (κ2) is 15.3. The van der Waals surface area contributed by atoms with Gasteiger partial charge in [-0.1, -0.05) is 36.4 Å². The van der Waals surface area contributed by atoms with Crippen molar-refractivity contribution in [1.82, 2.24) is 4.90 Å². The molecule has 0 aromatic heterocycles. The number of piperidine rings is 1. The second-order valence-corrected chi connectivity index (χ2v) is 11.8. The lowest BCUT2D eigenvalue weighted by molar-refractivity contribution is 0.0126. The Morgan fingerprint density at radius 3 is 2.15 bits per heavy atom. The van der Waals surface area contributed by atoms with Crippen LogP contribution in [0.1, 0.15) is 55.1 Å². The normalized spacial score (nSPS) is 13.2. The zero-order valence-corrected chi connectivity index (χ0v) is 27.3. The molecule has 46 heavy (non-hydrogen) atoms. The van der Waals surface area contributed by atoms with E-state index in [0.29, 0.717) is 37.2 Å². The van der Waals surface area contributed by atoms with Gasteiger partial charge in [0.1, 0.15) is 34.7 Å². The number of likely N-dealkylation sites (tertiary alicyclic amines) is 1. The third kappa shape index (κ3) is 8.65. The number of carbonyl (C=O) groups excluding carboxylic acids is 2. The highest BCUT2D eigenvalue weighted by Crippen LogP contribution is 2.29. The average molecular weight is 671 g/mol. The molecule has 0 N–H and O–H groups in total. The first-order valence-electron chi connectivity index (χ1n) is 14.4. The molecule has 7 nitrogen and oxygen atoms in total. The first-order chi connectivity index (χ1) is 21.0. The highest BCUT2D eigenvalue weighted by Gasteiger charge is 2.29. The number of para-hydroxylation sites is 1. The number of benzene rings is 4. The maximum absolute atomic E-state index is 15.5. The molecule has 1 saturated heterocycles. The summed E-state index contributed by atoms with van der Waals surface area (Å²) in [7, 11) is 0. The van der Waals surface area contributed by atoms with Crippen molar-refractivity contribution in [3.8, 4) is 11.8 Å². The van der Waals surface area contributed by atoms with Crippen molar-refractivity contribution in [2.75, 3.05) is 18.0 Å². The molecule has 0 saturated carbocycles. The predicted octanol–water partition coefficient (Wildman–Crippen LogP) is 8.46. The number of rotatable bonds is 6. The van der Waals surface area contributed by atoms with Crippen LogP contribution < -0.4 is 9.64 Å². The van der Waals surface area contributed by atoms with E-state index >= 15 is 8.78 Å². The van der Waals surface area contributed by atoms with Gasteiger partial charge >= 0.3 is 6.09 Å². The SMILES string of the molecule is CC(C)(C)OC(=O)N1CCC(Oc2cc(F)c(C(=O)N(Cc3ccc4ccc(C#N)cc4c3)c3ccccc3)c(F)c2)CC1.Cl.Cl. The van der Waals surface area contributed by atoms with Crippen LogP contribution in [-0.4, -0.2) is 41.7 Å². The molecule has 0 unspecified atom stereocenters. The van der Waals surface area contributed by atoms with Crippen LogP contribution >= 0.6 is 24.8 Å². The number of carbonyl (C=O) groups is 2. The Hall–Kier alpha value is -4.39. The van der Waals surface area contributed by atoms with E-state index < -0.39 is 34.8 Å². The fourth-order valence-corrected chi connectivity index (χ4v) is 5.17. The molecule has 1 heterocycles. The van der Waals surface area contributed by atoms with Crippen LogP contribution in [0.3, 0.4) is 0 Å². The topological polar surface area (TPSA) is 82.9 Å². The molecular formula is C35H35Cl2F2N3O4. The molecule has 5 rings (SSSR count). The molecule has 0 radical (unpaired) electrons. The van der Waals surface area contributed by atoms with Gasteiger partial charge in [-0.2, -0.15) is 5.26 Å². The Bertz CT molecular complexity index is 1710. The fourth-order valence-electron chi connectivity index (χ4n) is 5.17. The standard InChI is InChI=1S/C35H33F2N3O4.2ClH/c1-35(2,3)44-34(42)39-15-13-28(14-16-39)43-29-19-30(36)32(31(37)20-29)33(41)40(27-7-5-4-6-8-27)22-24-10-12-25-11-9-23(21-38)17-26(25)18-24;;/h4-12,17-20,28H,13-16,22H2,1-3H3;2*1H. The lowest BCUT2D eigenvalue weighted by Gasteiger charge is -2.33. The van der Waals surface area contributed by atoms with E-state index in [2.05, 4.69) is 6.07 Å². The summed E-state index contributed by atoms with van der Waals surface area (Å²) in [5, 5.41) is 11.0. The van der Waals surface area contributed by atoms with Gasteiger partial charge in [0, 0.05) is 43.8 Å². The lowest BCUT2D eigenvalue weighted by atomic mass is 10.0. The molecule has 1 aliphatic heterocycles. The third-order valence-corrected chi connectivity index (χ3v) is 7.31. The average Bonchev–Trinajstić information content (AvgIpc) is 2.99. The Kier molecular flexibility index (Phi) is 12.0. The van der Waals surface area contributed by atoms with Crippen LogP contribution in [0.4, 0.5) is 19.3 Å². The van der Waals surface area contributed by atoms with E-state index in [0.717, 1.165) is 28.5 Å². The van der Waals surface area contributed by atoms with Gasteiger partial charge in [0.2, 0.25) is 0 Å². The van der Waals surface area contributed by atoms with Crippen LogP contribution in [0.25, 0.3) is 10.8 Å². The van der Waals surface area contributed by atoms with E-state index in [9.17, 15) is 14.9 Å². The maximum atomic E-state index is 15.5. The summed E-state index contributed by atoms with van der Waals surface area (Å²) in [6, 6.07) is 23.8. The van der Waals surface area contributed by atoms with Gasteiger partial charge < -0.3 is 19.3 Å². The van der Waals surface area contributed by atoms with Gasteiger partial charge in [-0.05, 0) is 67.4 Å². The number of nitriles is 1. The summed E-state index contributed by atoms with van der Waals surface area (Å²) >= 11 is 0. The number of ether oxygens (including phenoxy) is 2. The minimum Gasteiger partial charge on any atom is -0.490 e. The molecule has 0 bridgehead atoms. The Labute approximate surface area is 279 Å². The van der Waals surface area contributed by atoms with E-state index in [4.69, 9.17) is 9.47 Å². The summed E-state index contributed by atoms with van der Waals surface area (Å²) in [6.45, 7) is 6.22. The van der Waals surface area contributed by atoms with E-state index in [1.807, 2.05) is 24.3 Å². The molecular weight excluding hydrogens is 635 g/mol. The van der Waals surface area contributed by atoms with Gasteiger partial charge in [0.05, 0.1) is 18.2 Å². The summed E-state index contributed by atoms with van der Waals surface area (Å²) < 4.78 is 42.2. The second-order valence-electron chi connectivity index (χ2n) is 11.8. The first kappa shape index (κ1) is 36.1. The number of hydrogen-bond donors (Lipinski definition) is 0. The molecule has 1 fully saturated rings. The van der Waals surface area contributed by atoms with Crippen molar-refractivity contribution in [1.29, 1.82) is 5.26 Å². The van der Waals surface area contributed by atoms with Gasteiger partial charge in [0.15, 0.2) is 0 Å². The van der Waals surface area contributed by atoms with Crippen LogP contribution in [0.15, 0.2) is 78.9 Å². The summed E-state index contributed by atoms with van der Waals surface area (Å²) in [5.74, 6) is -2.93. The highest BCUT2D eigenvalue weighted by molar-refractivity contribution is 6.06.